The average molecular weight is 527 g/mol. The van der Waals surface area contributed by atoms with Crippen molar-refractivity contribution in [1.82, 2.24) is 5.32 Å². The van der Waals surface area contributed by atoms with Gasteiger partial charge in [0.15, 0.2) is 0 Å². The van der Waals surface area contributed by atoms with Gasteiger partial charge in [-0.05, 0) is 48.1 Å². The molecule has 0 amide bonds. The third-order valence-electron chi connectivity index (χ3n) is 4.85. The molecule has 0 aliphatic heterocycles. The van der Waals surface area contributed by atoms with Crippen LogP contribution < -0.4 is 14.4 Å². The minimum absolute atomic E-state index is 0.0416. The molecule has 5 nitrogen and oxygen atoms in total. The quantitative estimate of drug-likeness (QED) is 0.273. The van der Waals surface area contributed by atoms with E-state index in [1.165, 1.54) is 23.5 Å². The summed E-state index contributed by atoms with van der Waals surface area (Å²) in [5.41, 5.74) is 1.14. The molecule has 1 heterocycles. The van der Waals surface area contributed by atoms with Crippen LogP contribution in [0.5, 0.6) is 5.75 Å². The maximum atomic E-state index is 12.9. The Hall–Kier alpha value is -2.35. The van der Waals surface area contributed by atoms with Crippen LogP contribution in [0.25, 0.3) is 10.1 Å². The molecule has 2 atom stereocenters. The van der Waals surface area contributed by atoms with Crippen LogP contribution in [-0.4, -0.2) is 40.4 Å². The first-order chi connectivity index (χ1) is 15.8. The third-order valence-corrected chi connectivity index (χ3v) is 6.97. The second kappa shape index (κ2) is 10.5. The highest BCUT2D eigenvalue weighted by Gasteiger charge is 2.32. The molecule has 2 unspecified atom stereocenters. The Morgan fingerprint density at radius 3 is 2.29 bits per heavy atom. The lowest BCUT2D eigenvalue weighted by Crippen LogP contribution is -2.46. The summed E-state index contributed by atoms with van der Waals surface area (Å²) in [5, 5.41) is 3.65. The number of nitrogens with one attached hydrogen (secondary N) is 1. The molecule has 2 aromatic carbocycles. The largest absolute Gasteiger partial charge is 0.573 e. The molecule has 0 spiro atoms. The number of fused-ring (bicyclic) bond motifs is 1. The van der Waals surface area contributed by atoms with Gasteiger partial charge in [0.2, 0.25) is 0 Å². The summed E-state index contributed by atoms with van der Waals surface area (Å²) >= 11 is -1.29. The fraction of sp³-hybridized carbons (Fsp3) is 0.333. The lowest BCUT2D eigenvalue weighted by atomic mass is 10.1. The Bertz CT molecular complexity index is 1130. The van der Waals surface area contributed by atoms with E-state index in [9.17, 15) is 35.1 Å². The van der Waals surface area contributed by atoms with Gasteiger partial charge in [-0.2, -0.15) is 13.2 Å². The van der Waals surface area contributed by atoms with Gasteiger partial charge in [0.25, 0.3) is 11.3 Å². The SMILES string of the molecule is Cc1c(N(CC(Cc2ccc(OC(F)(F)F)cc2)NCC(F)(F)F)S(=O)O)sc2ccccc12. The van der Waals surface area contributed by atoms with E-state index in [1.807, 2.05) is 24.3 Å². The molecule has 0 bridgehead atoms. The van der Waals surface area contributed by atoms with Crippen LogP contribution >= 0.6 is 11.3 Å². The summed E-state index contributed by atoms with van der Waals surface area (Å²) in [6.07, 6.45) is -9.44. The fourth-order valence-electron chi connectivity index (χ4n) is 3.39. The highest BCUT2D eigenvalue weighted by Crippen LogP contribution is 2.38. The number of aryl methyl sites for hydroxylation is 1. The number of benzene rings is 2. The predicted molar refractivity (Wildman–Crippen MR) is 119 cm³/mol. The standard InChI is InChI=1S/C21H20F6N2O3S2/c1-13-17-4-2-3-5-18(17)33-19(13)29(34(30)31)11-15(28-12-20(22,23)24)10-14-6-8-16(9-7-14)32-21(25,26)27/h2-9,15,28H,10-12H2,1H3,(H,30,31). The first-order valence-corrected chi connectivity index (χ1v) is 11.7. The minimum atomic E-state index is -4.87. The van der Waals surface area contributed by atoms with Crippen molar-refractivity contribution in [3.8, 4) is 5.75 Å². The Morgan fingerprint density at radius 1 is 1.09 bits per heavy atom. The average Bonchev–Trinajstić information content (AvgIpc) is 3.06. The van der Waals surface area contributed by atoms with E-state index in [0.29, 0.717) is 16.1 Å². The molecule has 0 fully saturated rings. The van der Waals surface area contributed by atoms with Crippen molar-refractivity contribution in [2.45, 2.75) is 31.9 Å². The molecule has 3 rings (SSSR count). The number of halogens is 6. The number of hydrogen-bond acceptors (Lipinski definition) is 4. The number of alkyl halides is 6. The van der Waals surface area contributed by atoms with Gasteiger partial charge in [-0.3, -0.25) is 8.86 Å². The second-order valence-corrected chi connectivity index (χ2v) is 9.34. The highest BCUT2D eigenvalue weighted by atomic mass is 32.2. The maximum absolute atomic E-state index is 12.9. The van der Waals surface area contributed by atoms with E-state index in [-0.39, 0.29) is 13.0 Å². The molecular weight excluding hydrogens is 506 g/mol. The van der Waals surface area contributed by atoms with Gasteiger partial charge in [-0.25, -0.2) is 4.21 Å². The molecule has 2 N–H and O–H groups in total. The molecule has 0 saturated heterocycles. The van der Waals surface area contributed by atoms with Crippen molar-refractivity contribution in [3.05, 3.63) is 59.7 Å². The fourth-order valence-corrected chi connectivity index (χ4v) is 5.40. The van der Waals surface area contributed by atoms with Crippen molar-refractivity contribution >= 4 is 37.7 Å². The third kappa shape index (κ3) is 7.32. The number of hydrogen-bond donors (Lipinski definition) is 2. The van der Waals surface area contributed by atoms with Crippen LogP contribution in [0.3, 0.4) is 0 Å². The zero-order chi connectivity index (χ0) is 25.1. The Kier molecular flexibility index (Phi) is 8.11. The molecule has 34 heavy (non-hydrogen) atoms. The summed E-state index contributed by atoms with van der Waals surface area (Å²) in [4.78, 5) is 0. The van der Waals surface area contributed by atoms with Gasteiger partial charge in [-0.1, -0.05) is 30.3 Å². The van der Waals surface area contributed by atoms with Crippen molar-refractivity contribution < 1.29 is 39.8 Å². The lowest BCUT2D eigenvalue weighted by molar-refractivity contribution is -0.274. The smallest absolute Gasteiger partial charge is 0.406 e. The van der Waals surface area contributed by atoms with Crippen molar-refractivity contribution in [2.24, 2.45) is 0 Å². The number of anilines is 1. The molecule has 13 heteroatoms. The van der Waals surface area contributed by atoms with Crippen molar-refractivity contribution in [3.63, 3.8) is 0 Å². The summed E-state index contributed by atoms with van der Waals surface area (Å²) in [7, 11) is 0. The van der Waals surface area contributed by atoms with E-state index >= 15 is 0 Å². The van der Waals surface area contributed by atoms with Crippen LogP contribution in [0, 0.1) is 6.92 Å². The summed E-state index contributed by atoms with van der Waals surface area (Å²) in [6.45, 7) is 0.156. The molecule has 1 aromatic heterocycles. The van der Waals surface area contributed by atoms with Gasteiger partial charge in [0.05, 0.1) is 13.1 Å². The zero-order valence-electron chi connectivity index (χ0n) is 17.6. The molecule has 0 saturated carbocycles. The lowest BCUT2D eigenvalue weighted by Gasteiger charge is -2.27. The predicted octanol–water partition coefficient (Wildman–Crippen LogP) is 5.81. The first-order valence-electron chi connectivity index (χ1n) is 9.84. The van der Waals surface area contributed by atoms with Crippen LogP contribution in [0.15, 0.2) is 48.5 Å². The van der Waals surface area contributed by atoms with E-state index in [2.05, 4.69) is 10.1 Å². The normalized spacial score (nSPS) is 14.2. The first kappa shape index (κ1) is 26.3. The molecular formula is C21H20F6N2O3S2. The highest BCUT2D eigenvalue weighted by molar-refractivity contribution is 7.81. The molecule has 0 aliphatic carbocycles. The van der Waals surface area contributed by atoms with Gasteiger partial charge >= 0.3 is 12.5 Å². The number of rotatable bonds is 9. The molecule has 0 radical (unpaired) electrons. The molecule has 3 aromatic rings. The van der Waals surface area contributed by atoms with E-state index in [1.54, 1.807) is 6.92 Å². The van der Waals surface area contributed by atoms with Gasteiger partial charge < -0.3 is 10.1 Å². The topological polar surface area (TPSA) is 61.8 Å². The van der Waals surface area contributed by atoms with Gasteiger partial charge in [0, 0.05) is 10.7 Å². The van der Waals surface area contributed by atoms with Crippen LogP contribution in [0.1, 0.15) is 11.1 Å². The summed E-state index contributed by atoms with van der Waals surface area (Å²) in [6, 6.07) is 11.1. The minimum Gasteiger partial charge on any atom is -0.406 e. The Balaban J connectivity index is 1.84. The molecule has 186 valence electrons. The van der Waals surface area contributed by atoms with Gasteiger partial charge in [-0.15, -0.1) is 24.5 Å². The van der Waals surface area contributed by atoms with Crippen LogP contribution in [-0.2, 0) is 17.7 Å². The summed E-state index contributed by atoms with van der Waals surface area (Å²) < 4.78 is 104. The van der Waals surface area contributed by atoms with E-state index < -0.39 is 42.1 Å². The number of thiophene rings is 1. The zero-order valence-corrected chi connectivity index (χ0v) is 19.2. The molecule has 0 aliphatic rings. The second-order valence-electron chi connectivity index (χ2n) is 7.41. The van der Waals surface area contributed by atoms with E-state index in [0.717, 1.165) is 26.5 Å². The van der Waals surface area contributed by atoms with Crippen molar-refractivity contribution in [2.75, 3.05) is 17.4 Å². The van der Waals surface area contributed by atoms with Crippen molar-refractivity contribution in [1.29, 1.82) is 0 Å². The Labute approximate surface area is 197 Å². The number of ether oxygens (including phenoxy) is 1. The Morgan fingerprint density at radius 2 is 1.74 bits per heavy atom. The van der Waals surface area contributed by atoms with Crippen LogP contribution in [0.4, 0.5) is 31.3 Å². The monoisotopic (exact) mass is 526 g/mol. The van der Waals surface area contributed by atoms with Crippen LogP contribution in [0.2, 0.25) is 0 Å². The van der Waals surface area contributed by atoms with Gasteiger partial charge in [0.1, 0.15) is 10.8 Å². The number of nitrogens with zero attached hydrogens (tertiary/aromatic N) is 1. The maximum Gasteiger partial charge on any atom is 0.573 e. The summed E-state index contributed by atoms with van der Waals surface area (Å²) in [5.74, 6) is -0.463. The van der Waals surface area contributed by atoms with E-state index in [4.69, 9.17) is 0 Å².